The second-order valence-corrected chi connectivity index (χ2v) is 7.24. The maximum Gasteiger partial charge on any atom is 0.253 e. The summed E-state index contributed by atoms with van der Waals surface area (Å²) in [5.41, 5.74) is 2.78. The van der Waals surface area contributed by atoms with E-state index in [0.29, 0.717) is 17.5 Å². The molecule has 7 nitrogen and oxygen atoms in total. The topological polar surface area (TPSA) is 81.4 Å². The third-order valence-electron chi connectivity index (χ3n) is 3.90. The van der Waals surface area contributed by atoms with Crippen LogP contribution in [0.15, 0.2) is 35.5 Å². The number of hydrogen-bond donors (Lipinski definition) is 1. The van der Waals surface area contributed by atoms with E-state index in [-0.39, 0.29) is 11.2 Å². The van der Waals surface area contributed by atoms with Gasteiger partial charge in [-0.1, -0.05) is 30.0 Å². The molecule has 1 unspecified atom stereocenters. The Balaban J connectivity index is 1.65. The minimum Gasteiger partial charge on any atom is -0.496 e. The molecule has 0 fully saturated rings. The van der Waals surface area contributed by atoms with Crippen molar-refractivity contribution < 1.29 is 9.53 Å². The molecule has 1 amide bonds. The Kier molecular flexibility index (Phi) is 5.41. The zero-order chi connectivity index (χ0) is 18.7. The summed E-state index contributed by atoms with van der Waals surface area (Å²) in [6, 6.07) is 9.56. The van der Waals surface area contributed by atoms with Crippen LogP contribution in [0.2, 0.25) is 0 Å². The Morgan fingerprint density at radius 2 is 2.08 bits per heavy atom. The molecule has 8 heteroatoms. The smallest absolute Gasteiger partial charge is 0.253 e. The number of rotatable bonds is 6. The number of nitrogens with zero attached hydrogens (tertiary/aromatic N) is 4. The van der Waals surface area contributed by atoms with E-state index >= 15 is 0 Å². The Morgan fingerprint density at radius 1 is 1.31 bits per heavy atom. The van der Waals surface area contributed by atoms with E-state index in [9.17, 15) is 4.79 Å². The first-order chi connectivity index (χ1) is 12.5. The summed E-state index contributed by atoms with van der Waals surface area (Å²) in [4.78, 5) is 21.2. The first-order valence-corrected chi connectivity index (χ1v) is 9.13. The van der Waals surface area contributed by atoms with Crippen LogP contribution in [0.5, 0.6) is 5.75 Å². The van der Waals surface area contributed by atoms with Crippen LogP contribution in [0.25, 0.3) is 5.78 Å². The van der Waals surface area contributed by atoms with Crippen LogP contribution in [-0.4, -0.2) is 37.8 Å². The van der Waals surface area contributed by atoms with Gasteiger partial charge in [-0.25, -0.2) is 9.50 Å². The number of para-hydroxylation sites is 1. The minimum absolute atomic E-state index is 0.0828. The zero-order valence-electron chi connectivity index (χ0n) is 15.2. The monoisotopic (exact) mass is 371 g/mol. The Labute approximate surface area is 156 Å². The minimum atomic E-state index is -0.330. The molecular weight excluding hydrogens is 350 g/mol. The molecule has 0 aliphatic carbocycles. The van der Waals surface area contributed by atoms with E-state index in [0.717, 1.165) is 22.7 Å². The van der Waals surface area contributed by atoms with Crippen molar-refractivity contribution >= 4 is 23.4 Å². The van der Waals surface area contributed by atoms with Gasteiger partial charge in [0.25, 0.3) is 5.78 Å². The first kappa shape index (κ1) is 18.2. The second-order valence-electron chi connectivity index (χ2n) is 5.93. The van der Waals surface area contributed by atoms with Gasteiger partial charge in [-0.15, -0.1) is 5.10 Å². The number of aromatic nitrogens is 4. The molecule has 0 bridgehead atoms. The van der Waals surface area contributed by atoms with Crippen molar-refractivity contribution in [2.75, 3.05) is 7.11 Å². The molecule has 3 rings (SSSR count). The second kappa shape index (κ2) is 7.74. The summed E-state index contributed by atoms with van der Waals surface area (Å²) in [6.45, 7) is 6.11. The van der Waals surface area contributed by atoms with Crippen LogP contribution in [0.1, 0.15) is 23.9 Å². The van der Waals surface area contributed by atoms with E-state index in [1.165, 1.54) is 11.8 Å². The molecule has 0 radical (unpaired) electrons. The largest absolute Gasteiger partial charge is 0.496 e. The maximum atomic E-state index is 12.4. The van der Waals surface area contributed by atoms with Crippen molar-refractivity contribution in [1.29, 1.82) is 0 Å². The quantitative estimate of drug-likeness (QED) is 0.671. The molecule has 26 heavy (non-hydrogen) atoms. The van der Waals surface area contributed by atoms with Crippen LogP contribution in [0, 0.1) is 13.8 Å². The number of methoxy groups -OCH3 is 1. The highest BCUT2D eigenvalue weighted by molar-refractivity contribution is 8.00. The van der Waals surface area contributed by atoms with Crippen LogP contribution in [0.3, 0.4) is 0 Å². The highest BCUT2D eigenvalue weighted by Gasteiger charge is 2.18. The third kappa shape index (κ3) is 3.96. The molecule has 0 spiro atoms. The number of nitrogens with one attached hydrogen (secondary N) is 1. The van der Waals surface area contributed by atoms with Crippen molar-refractivity contribution in [3.8, 4) is 5.75 Å². The summed E-state index contributed by atoms with van der Waals surface area (Å²) in [5.74, 6) is 1.22. The van der Waals surface area contributed by atoms with Gasteiger partial charge in [0.05, 0.1) is 12.4 Å². The van der Waals surface area contributed by atoms with E-state index in [1.54, 1.807) is 11.6 Å². The van der Waals surface area contributed by atoms with Gasteiger partial charge in [0, 0.05) is 23.5 Å². The molecule has 0 saturated carbocycles. The maximum absolute atomic E-state index is 12.4. The Bertz CT molecular complexity index is 940. The number of thioether (sulfide) groups is 1. The van der Waals surface area contributed by atoms with Gasteiger partial charge >= 0.3 is 0 Å². The highest BCUT2D eigenvalue weighted by Crippen LogP contribution is 2.21. The zero-order valence-corrected chi connectivity index (χ0v) is 16.0. The molecule has 2 aromatic heterocycles. The Morgan fingerprint density at radius 3 is 2.85 bits per heavy atom. The van der Waals surface area contributed by atoms with Gasteiger partial charge in [0.2, 0.25) is 11.1 Å². The number of ether oxygens (including phenoxy) is 1. The van der Waals surface area contributed by atoms with Crippen molar-refractivity contribution in [2.24, 2.45) is 0 Å². The molecule has 0 saturated heterocycles. The summed E-state index contributed by atoms with van der Waals surface area (Å²) in [7, 11) is 1.62. The third-order valence-corrected chi connectivity index (χ3v) is 4.85. The van der Waals surface area contributed by atoms with Crippen LogP contribution >= 0.6 is 11.8 Å². The van der Waals surface area contributed by atoms with Gasteiger partial charge in [-0.2, -0.15) is 4.98 Å². The van der Waals surface area contributed by atoms with E-state index in [4.69, 9.17) is 4.74 Å². The van der Waals surface area contributed by atoms with E-state index in [1.807, 2.05) is 51.1 Å². The number of aryl methyl sites for hydroxylation is 2. The molecule has 0 aliphatic heterocycles. The molecule has 2 heterocycles. The summed E-state index contributed by atoms with van der Waals surface area (Å²) < 4.78 is 6.99. The van der Waals surface area contributed by atoms with Gasteiger partial charge in [0.1, 0.15) is 5.75 Å². The molecule has 1 aromatic carbocycles. The lowest BCUT2D eigenvalue weighted by Crippen LogP contribution is -2.30. The van der Waals surface area contributed by atoms with Gasteiger partial charge in [0.15, 0.2) is 0 Å². The molecule has 1 N–H and O–H groups in total. The normalized spacial score (nSPS) is 12.2. The van der Waals surface area contributed by atoms with Crippen molar-refractivity contribution in [3.05, 3.63) is 47.3 Å². The van der Waals surface area contributed by atoms with Crippen molar-refractivity contribution in [3.63, 3.8) is 0 Å². The van der Waals surface area contributed by atoms with Crippen LogP contribution in [0.4, 0.5) is 0 Å². The van der Waals surface area contributed by atoms with Gasteiger partial charge in [-0.05, 0) is 32.9 Å². The average Bonchev–Trinajstić information content (AvgIpc) is 3.02. The molecule has 1 atom stereocenters. The summed E-state index contributed by atoms with van der Waals surface area (Å²) in [6.07, 6.45) is 0. The van der Waals surface area contributed by atoms with Gasteiger partial charge < -0.3 is 10.1 Å². The predicted molar refractivity (Wildman–Crippen MR) is 100 cm³/mol. The fourth-order valence-electron chi connectivity index (χ4n) is 2.58. The highest BCUT2D eigenvalue weighted by atomic mass is 32.2. The number of benzene rings is 1. The van der Waals surface area contributed by atoms with E-state index in [2.05, 4.69) is 20.4 Å². The number of fused-ring (bicyclic) bond motifs is 1. The fourth-order valence-corrected chi connectivity index (χ4v) is 3.35. The lowest BCUT2D eigenvalue weighted by Gasteiger charge is -2.12. The number of hydrogen-bond acceptors (Lipinski definition) is 6. The standard InChI is InChI=1S/C18H21N5O2S/c1-11-9-12(2)23-17(20-11)21-18(22-23)26-13(3)16(24)19-10-14-7-5-6-8-15(14)25-4/h5-9,13H,10H2,1-4H3,(H,19,24). The van der Waals surface area contributed by atoms with E-state index < -0.39 is 0 Å². The lowest BCUT2D eigenvalue weighted by molar-refractivity contribution is -0.120. The fraction of sp³-hybridized carbons (Fsp3) is 0.333. The number of amides is 1. The van der Waals surface area contributed by atoms with Crippen molar-refractivity contribution in [1.82, 2.24) is 24.9 Å². The van der Waals surface area contributed by atoms with Crippen molar-refractivity contribution in [2.45, 2.75) is 37.7 Å². The molecular formula is C18H21N5O2S. The first-order valence-electron chi connectivity index (χ1n) is 8.25. The predicted octanol–water partition coefficient (Wildman–Crippen LogP) is 2.55. The average molecular weight is 371 g/mol. The lowest BCUT2D eigenvalue weighted by atomic mass is 10.2. The number of carbonyl (C=O) groups is 1. The molecule has 136 valence electrons. The summed E-state index contributed by atoms with van der Waals surface area (Å²) in [5, 5.41) is 7.56. The van der Waals surface area contributed by atoms with Gasteiger partial charge in [-0.3, -0.25) is 4.79 Å². The SMILES string of the molecule is COc1ccccc1CNC(=O)C(C)Sc1nc2nc(C)cc(C)n2n1. The van der Waals surface area contributed by atoms with Crippen LogP contribution in [-0.2, 0) is 11.3 Å². The molecule has 3 aromatic rings. The molecule has 0 aliphatic rings. The Hall–Kier alpha value is -2.61. The summed E-state index contributed by atoms with van der Waals surface area (Å²) >= 11 is 1.31. The van der Waals surface area contributed by atoms with Crippen LogP contribution < -0.4 is 10.1 Å². The number of carbonyl (C=O) groups excluding carboxylic acids is 1.